The van der Waals surface area contributed by atoms with Gasteiger partial charge in [-0.15, -0.1) is 0 Å². The van der Waals surface area contributed by atoms with E-state index >= 15 is 0 Å². The minimum absolute atomic E-state index is 0.132. The Morgan fingerprint density at radius 1 is 1.43 bits per heavy atom. The third-order valence-electron chi connectivity index (χ3n) is 5.22. The molecule has 3 rings (SSSR count). The lowest BCUT2D eigenvalue weighted by atomic mass is 9.76. The van der Waals surface area contributed by atoms with Gasteiger partial charge in [-0.05, 0) is 37.6 Å². The van der Waals surface area contributed by atoms with Gasteiger partial charge in [0.2, 0.25) is 0 Å². The highest BCUT2D eigenvalue weighted by atomic mass is 16.4. The van der Waals surface area contributed by atoms with E-state index in [9.17, 15) is 9.90 Å². The third kappa shape index (κ3) is 3.24. The Morgan fingerprint density at radius 2 is 2.17 bits per heavy atom. The number of nitrogen functional groups attached to an aromatic ring is 1. The maximum absolute atomic E-state index is 11.6. The van der Waals surface area contributed by atoms with Crippen molar-refractivity contribution in [1.82, 2.24) is 14.9 Å². The molecule has 0 aromatic carbocycles. The number of anilines is 2. The van der Waals surface area contributed by atoms with E-state index in [1.165, 1.54) is 6.33 Å². The number of likely N-dealkylation sites (tertiary alicyclic amines) is 1. The molecule has 23 heavy (non-hydrogen) atoms. The molecule has 3 heterocycles. The molecule has 0 saturated carbocycles. The van der Waals surface area contributed by atoms with Crippen LogP contribution in [0.3, 0.4) is 0 Å². The van der Waals surface area contributed by atoms with E-state index in [-0.39, 0.29) is 11.5 Å². The fraction of sp³-hybridized carbons (Fsp3) is 0.688. The Labute approximate surface area is 136 Å². The van der Waals surface area contributed by atoms with E-state index in [1.54, 1.807) is 6.07 Å². The van der Waals surface area contributed by atoms with E-state index in [0.29, 0.717) is 5.82 Å². The van der Waals surface area contributed by atoms with Gasteiger partial charge in [0, 0.05) is 25.7 Å². The number of aromatic nitrogens is 2. The highest BCUT2D eigenvalue weighted by Crippen LogP contribution is 2.44. The first-order chi connectivity index (χ1) is 11.0. The lowest BCUT2D eigenvalue weighted by molar-refractivity contribution is -0.142. The Balaban J connectivity index is 1.67. The summed E-state index contributed by atoms with van der Waals surface area (Å²) in [5.74, 6) is 0.670. The van der Waals surface area contributed by atoms with Gasteiger partial charge in [0.1, 0.15) is 24.0 Å². The summed E-state index contributed by atoms with van der Waals surface area (Å²) in [6.45, 7) is 5.65. The second-order valence-corrected chi connectivity index (χ2v) is 6.82. The normalized spacial score (nSPS) is 24.2. The Kier molecular flexibility index (Phi) is 4.39. The fourth-order valence-corrected chi connectivity index (χ4v) is 4.02. The largest absolute Gasteiger partial charge is 0.480 e. The number of nitrogens with two attached hydrogens (primary N) is 1. The van der Waals surface area contributed by atoms with Crippen molar-refractivity contribution >= 4 is 17.6 Å². The molecule has 0 amide bonds. The van der Waals surface area contributed by atoms with Crippen molar-refractivity contribution in [3.63, 3.8) is 0 Å². The summed E-state index contributed by atoms with van der Waals surface area (Å²) in [6.07, 6.45) is 5.25. The van der Waals surface area contributed by atoms with Crippen molar-refractivity contribution in [1.29, 1.82) is 0 Å². The summed E-state index contributed by atoms with van der Waals surface area (Å²) in [4.78, 5) is 24.2. The summed E-state index contributed by atoms with van der Waals surface area (Å²) in [6, 6.07) is 1.48. The van der Waals surface area contributed by atoms with Gasteiger partial charge in [-0.3, -0.25) is 9.69 Å². The zero-order chi connectivity index (χ0) is 16.4. The number of hydrogen-bond acceptors (Lipinski definition) is 6. The fourth-order valence-electron chi connectivity index (χ4n) is 4.02. The van der Waals surface area contributed by atoms with Crippen LogP contribution >= 0.6 is 0 Å². The molecular weight excluding hydrogens is 294 g/mol. The van der Waals surface area contributed by atoms with Crippen LogP contribution in [0.15, 0.2) is 12.4 Å². The molecule has 126 valence electrons. The molecular formula is C16H25N5O2. The van der Waals surface area contributed by atoms with Crippen molar-refractivity contribution in [2.75, 3.05) is 36.8 Å². The summed E-state index contributed by atoms with van der Waals surface area (Å²) >= 11 is 0. The van der Waals surface area contributed by atoms with E-state index < -0.39 is 5.97 Å². The van der Waals surface area contributed by atoms with Gasteiger partial charge in [0.15, 0.2) is 0 Å². The molecule has 7 heteroatoms. The minimum Gasteiger partial charge on any atom is -0.480 e. The molecule has 2 aliphatic rings. The molecule has 1 aromatic heterocycles. The summed E-state index contributed by atoms with van der Waals surface area (Å²) in [7, 11) is 0. The third-order valence-corrected chi connectivity index (χ3v) is 5.22. The first kappa shape index (κ1) is 16.0. The van der Waals surface area contributed by atoms with Gasteiger partial charge in [-0.2, -0.15) is 0 Å². The molecule has 0 unspecified atom stereocenters. The maximum atomic E-state index is 11.6. The molecule has 3 N–H and O–H groups in total. The van der Waals surface area contributed by atoms with Crippen LogP contribution in [0.4, 0.5) is 11.6 Å². The second kappa shape index (κ2) is 6.31. The molecule has 1 atom stereocenters. The van der Waals surface area contributed by atoms with Gasteiger partial charge < -0.3 is 15.7 Å². The summed E-state index contributed by atoms with van der Waals surface area (Å²) < 4.78 is 0. The topological polar surface area (TPSA) is 95.6 Å². The van der Waals surface area contributed by atoms with E-state index in [1.807, 2.05) is 0 Å². The van der Waals surface area contributed by atoms with Crippen LogP contribution in [-0.4, -0.2) is 58.2 Å². The van der Waals surface area contributed by atoms with Crippen molar-refractivity contribution in [2.45, 2.75) is 38.6 Å². The zero-order valence-electron chi connectivity index (χ0n) is 13.6. The molecule has 0 bridgehead atoms. The van der Waals surface area contributed by atoms with Gasteiger partial charge in [-0.1, -0.05) is 6.92 Å². The van der Waals surface area contributed by atoms with Crippen LogP contribution in [0.2, 0.25) is 0 Å². The quantitative estimate of drug-likeness (QED) is 0.861. The van der Waals surface area contributed by atoms with Gasteiger partial charge in [-0.25, -0.2) is 9.97 Å². The standard InChI is InChI=1S/C16H25N5O2/c1-2-5-21-10-16(9-12(21)15(22)23)3-6-20(7-4-16)14-8-13(17)18-11-19-14/h8,11-12H,2-7,9-10H2,1H3,(H,22,23)(H2,17,18,19)/t12-/m0/s1. The number of rotatable bonds is 4. The predicted octanol–water partition coefficient (Wildman–Crippen LogP) is 1.21. The highest BCUT2D eigenvalue weighted by molar-refractivity contribution is 5.74. The number of piperidine rings is 1. The molecule has 1 aromatic rings. The average Bonchev–Trinajstić information content (AvgIpc) is 2.87. The molecule has 2 fully saturated rings. The van der Waals surface area contributed by atoms with Crippen molar-refractivity contribution in [3.8, 4) is 0 Å². The summed E-state index contributed by atoms with van der Waals surface area (Å²) in [5.41, 5.74) is 5.87. The number of aliphatic carboxylic acids is 1. The van der Waals surface area contributed by atoms with Crippen LogP contribution in [0.25, 0.3) is 0 Å². The molecule has 2 aliphatic heterocycles. The van der Waals surface area contributed by atoms with Gasteiger partial charge in [0.05, 0.1) is 0 Å². The molecule has 2 saturated heterocycles. The lowest BCUT2D eigenvalue weighted by Crippen LogP contribution is -2.42. The van der Waals surface area contributed by atoms with Crippen LogP contribution in [0.5, 0.6) is 0 Å². The van der Waals surface area contributed by atoms with E-state index in [4.69, 9.17) is 5.73 Å². The van der Waals surface area contributed by atoms with E-state index in [2.05, 4.69) is 26.7 Å². The minimum atomic E-state index is -0.679. The molecule has 7 nitrogen and oxygen atoms in total. The first-order valence-electron chi connectivity index (χ1n) is 8.32. The number of hydrogen-bond donors (Lipinski definition) is 2. The SMILES string of the molecule is CCCN1CC2(CCN(c3cc(N)ncn3)CC2)C[C@H]1C(=O)O. The Bertz CT molecular complexity index is 571. The number of carboxylic acid groups (broad SMARTS) is 1. The molecule has 0 aliphatic carbocycles. The smallest absolute Gasteiger partial charge is 0.320 e. The Hall–Kier alpha value is -1.89. The monoisotopic (exact) mass is 319 g/mol. The van der Waals surface area contributed by atoms with Crippen LogP contribution in [0, 0.1) is 5.41 Å². The van der Waals surface area contributed by atoms with E-state index in [0.717, 1.165) is 57.7 Å². The zero-order valence-corrected chi connectivity index (χ0v) is 13.6. The van der Waals surface area contributed by atoms with Crippen LogP contribution in [-0.2, 0) is 4.79 Å². The van der Waals surface area contributed by atoms with Crippen molar-refractivity contribution in [3.05, 3.63) is 12.4 Å². The number of carbonyl (C=O) groups is 1. The van der Waals surface area contributed by atoms with Gasteiger partial charge in [0.25, 0.3) is 0 Å². The number of nitrogens with zero attached hydrogens (tertiary/aromatic N) is 4. The number of carboxylic acids is 1. The highest BCUT2D eigenvalue weighted by Gasteiger charge is 2.47. The lowest BCUT2D eigenvalue weighted by Gasteiger charge is -2.39. The molecule has 1 spiro atoms. The molecule has 0 radical (unpaired) electrons. The first-order valence-corrected chi connectivity index (χ1v) is 8.32. The maximum Gasteiger partial charge on any atom is 0.320 e. The summed E-state index contributed by atoms with van der Waals surface area (Å²) in [5, 5.41) is 9.50. The van der Waals surface area contributed by atoms with Crippen LogP contribution in [0.1, 0.15) is 32.6 Å². The second-order valence-electron chi connectivity index (χ2n) is 6.82. The Morgan fingerprint density at radius 3 is 2.78 bits per heavy atom. The predicted molar refractivity (Wildman–Crippen MR) is 88.2 cm³/mol. The average molecular weight is 319 g/mol. The van der Waals surface area contributed by atoms with Crippen LogP contribution < -0.4 is 10.6 Å². The van der Waals surface area contributed by atoms with Crippen molar-refractivity contribution < 1.29 is 9.90 Å². The van der Waals surface area contributed by atoms with Gasteiger partial charge >= 0.3 is 5.97 Å². The van der Waals surface area contributed by atoms with Crippen molar-refractivity contribution in [2.24, 2.45) is 5.41 Å².